The molecule has 2 rings (SSSR count). The Morgan fingerprint density at radius 3 is 2.52 bits per heavy atom. The molecule has 0 aliphatic carbocycles. The standard InChI is InChI=1S/C14H11F3N2O4/c1-7-3-9-10(8(2)20)5-19(11(9)4-18-7)6-12(21)23-13(22)14(15,16)17/h3-5H,6H2,1-2H3. The summed E-state index contributed by atoms with van der Waals surface area (Å²) in [5, 5.41) is 0.514. The molecule has 0 N–H and O–H groups in total. The largest absolute Gasteiger partial charge is 0.491 e. The van der Waals surface area contributed by atoms with Gasteiger partial charge in [-0.25, -0.2) is 9.59 Å². The van der Waals surface area contributed by atoms with Crippen LogP contribution in [0.5, 0.6) is 0 Å². The van der Waals surface area contributed by atoms with Crippen LogP contribution in [0.25, 0.3) is 10.9 Å². The van der Waals surface area contributed by atoms with Gasteiger partial charge in [-0.15, -0.1) is 0 Å². The van der Waals surface area contributed by atoms with E-state index >= 15 is 0 Å². The SMILES string of the molecule is CC(=O)c1cn(CC(=O)OC(=O)C(F)(F)F)c2cnc(C)cc12. The second-order valence-electron chi connectivity index (χ2n) is 4.83. The zero-order valence-corrected chi connectivity index (χ0v) is 12.1. The maximum atomic E-state index is 12.1. The summed E-state index contributed by atoms with van der Waals surface area (Å²) in [6.45, 7) is 2.37. The Labute approximate surface area is 127 Å². The zero-order valence-electron chi connectivity index (χ0n) is 12.1. The predicted molar refractivity (Wildman–Crippen MR) is 71.6 cm³/mol. The molecule has 23 heavy (non-hydrogen) atoms. The molecule has 0 unspecified atom stereocenters. The number of aromatic nitrogens is 2. The van der Waals surface area contributed by atoms with Crippen LogP contribution in [0.2, 0.25) is 0 Å². The van der Waals surface area contributed by atoms with E-state index in [1.54, 1.807) is 13.0 Å². The lowest BCUT2D eigenvalue weighted by atomic mass is 10.1. The highest BCUT2D eigenvalue weighted by molar-refractivity contribution is 6.07. The lowest BCUT2D eigenvalue weighted by Crippen LogP contribution is -2.29. The van der Waals surface area contributed by atoms with Crippen LogP contribution in [0.1, 0.15) is 23.0 Å². The van der Waals surface area contributed by atoms with E-state index in [1.807, 2.05) is 0 Å². The molecule has 2 aromatic heterocycles. The second-order valence-corrected chi connectivity index (χ2v) is 4.83. The quantitative estimate of drug-likeness (QED) is 0.490. The van der Waals surface area contributed by atoms with Gasteiger partial charge < -0.3 is 9.30 Å². The monoisotopic (exact) mass is 328 g/mol. The summed E-state index contributed by atoms with van der Waals surface area (Å²) < 4.78 is 41.1. The summed E-state index contributed by atoms with van der Waals surface area (Å²) in [7, 11) is 0. The topological polar surface area (TPSA) is 78.3 Å². The second kappa shape index (κ2) is 5.82. The van der Waals surface area contributed by atoms with Crippen LogP contribution in [0, 0.1) is 6.92 Å². The third-order valence-electron chi connectivity index (χ3n) is 3.02. The molecule has 2 aromatic rings. The Kier molecular flexibility index (Phi) is 4.22. The lowest BCUT2D eigenvalue weighted by molar-refractivity contribution is -0.202. The molecule has 0 atom stereocenters. The number of rotatable bonds is 3. The molecule has 0 aromatic carbocycles. The normalized spacial score (nSPS) is 11.5. The van der Waals surface area contributed by atoms with Gasteiger partial charge in [0.2, 0.25) is 0 Å². The average Bonchev–Trinajstić information content (AvgIpc) is 2.75. The first-order valence-electron chi connectivity index (χ1n) is 6.38. The Hall–Kier alpha value is -2.71. The van der Waals surface area contributed by atoms with E-state index in [2.05, 4.69) is 9.72 Å². The fourth-order valence-corrected chi connectivity index (χ4v) is 2.04. The number of hydrogen-bond acceptors (Lipinski definition) is 5. The van der Waals surface area contributed by atoms with Crippen LogP contribution in [0.4, 0.5) is 13.2 Å². The molecule has 0 bridgehead atoms. The molecule has 0 spiro atoms. The highest BCUT2D eigenvalue weighted by atomic mass is 19.4. The van der Waals surface area contributed by atoms with Crippen LogP contribution >= 0.6 is 0 Å². The Balaban J connectivity index is 2.32. The first-order valence-corrected chi connectivity index (χ1v) is 6.38. The number of carbonyl (C=O) groups excluding carboxylic acids is 3. The summed E-state index contributed by atoms with van der Waals surface area (Å²) in [5.41, 5.74) is 1.30. The van der Waals surface area contributed by atoms with Gasteiger partial charge >= 0.3 is 18.1 Å². The van der Waals surface area contributed by atoms with Gasteiger partial charge in [-0.3, -0.25) is 9.78 Å². The number of pyridine rings is 1. The van der Waals surface area contributed by atoms with Gasteiger partial charge in [0.25, 0.3) is 0 Å². The van der Waals surface area contributed by atoms with Gasteiger partial charge in [0.15, 0.2) is 5.78 Å². The summed E-state index contributed by atoms with van der Waals surface area (Å²) in [6, 6.07) is 1.62. The Morgan fingerprint density at radius 1 is 1.30 bits per heavy atom. The van der Waals surface area contributed by atoms with Crippen LogP contribution in [0.3, 0.4) is 0 Å². The van der Waals surface area contributed by atoms with E-state index in [-0.39, 0.29) is 5.78 Å². The van der Waals surface area contributed by atoms with Gasteiger partial charge in [-0.1, -0.05) is 0 Å². The van der Waals surface area contributed by atoms with Crippen molar-refractivity contribution < 1.29 is 32.3 Å². The molecule has 0 fully saturated rings. The minimum atomic E-state index is -5.25. The number of esters is 2. The van der Waals surface area contributed by atoms with Crippen LogP contribution in [-0.2, 0) is 20.9 Å². The highest BCUT2D eigenvalue weighted by Gasteiger charge is 2.42. The molecule has 0 radical (unpaired) electrons. The number of carbonyl (C=O) groups is 3. The number of aryl methyl sites for hydroxylation is 1. The first kappa shape index (κ1) is 16.7. The molecule has 0 amide bonds. The van der Waals surface area contributed by atoms with E-state index in [0.29, 0.717) is 22.2 Å². The first-order chi connectivity index (χ1) is 10.6. The molecule has 122 valence electrons. The summed E-state index contributed by atoms with van der Waals surface area (Å²) in [5.74, 6) is -4.25. The fourth-order valence-electron chi connectivity index (χ4n) is 2.04. The molecule has 0 aliphatic heterocycles. The van der Waals surface area contributed by atoms with E-state index in [9.17, 15) is 27.6 Å². The smallest absolute Gasteiger partial charge is 0.385 e. The van der Waals surface area contributed by atoms with Gasteiger partial charge in [0, 0.05) is 22.8 Å². The third kappa shape index (κ3) is 3.55. The van der Waals surface area contributed by atoms with Gasteiger partial charge in [0.05, 0.1) is 11.7 Å². The van der Waals surface area contributed by atoms with Crippen molar-refractivity contribution in [2.24, 2.45) is 0 Å². The number of nitrogens with zero attached hydrogens (tertiary/aromatic N) is 2. The summed E-state index contributed by atoms with van der Waals surface area (Å²) >= 11 is 0. The highest BCUT2D eigenvalue weighted by Crippen LogP contribution is 2.22. The number of ether oxygens (including phenoxy) is 1. The van der Waals surface area contributed by atoms with Crippen molar-refractivity contribution in [2.75, 3.05) is 0 Å². The summed E-state index contributed by atoms with van der Waals surface area (Å²) in [6.07, 6.45) is -2.55. The van der Waals surface area contributed by atoms with Crippen LogP contribution in [0.15, 0.2) is 18.5 Å². The maximum Gasteiger partial charge on any atom is 0.491 e. The molecule has 0 aliphatic rings. The van der Waals surface area contributed by atoms with Crippen molar-refractivity contribution in [3.8, 4) is 0 Å². The fraction of sp³-hybridized carbons (Fsp3) is 0.286. The van der Waals surface area contributed by atoms with Crippen LogP contribution in [-0.4, -0.2) is 33.4 Å². The molecule has 2 heterocycles. The van der Waals surface area contributed by atoms with E-state index in [4.69, 9.17) is 0 Å². The Bertz CT molecular complexity index is 808. The predicted octanol–water partition coefficient (Wildman–Crippen LogP) is 2.18. The molecular formula is C14H11F3N2O4. The average molecular weight is 328 g/mol. The maximum absolute atomic E-state index is 12.1. The zero-order chi connectivity index (χ0) is 17.4. The van der Waals surface area contributed by atoms with Crippen molar-refractivity contribution in [1.82, 2.24) is 9.55 Å². The van der Waals surface area contributed by atoms with E-state index in [0.717, 1.165) is 0 Å². The third-order valence-corrected chi connectivity index (χ3v) is 3.02. The lowest BCUT2D eigenvalue weighted by Gasteiger charge is -2.07. The summed E-state index contributed by atoms with van der Waals surface area (Å²) in [4.78, 5) is 37.8. The number of hydrogen-bond donors (Lipinski definition) is 0. The molecule has 6 nitrogen and oxygen atoms in total. The number of alkyl halides is 3. The number of Topliss-reactive ketones (excluding diaryl/α,β-unsaturated/α-hetero) is 1. The minimum Gasteiger partial charge on any atom is -0.385 e. The van der Waals surface area contributed by atoms with Gasteiger partial charge in [-0.05, 0) is 19.9 Å². The van der Waals surface area contributed by atoms with Crippen molar-refractivity contribution in [1.29, 1.82) is 0 Å². The van der Waals surface area contributed by atoms with Gasteiger partial charge in [0.1, 0.15) is 6.54 Å². The Morgan fingerprint density at radius 2 is 1.96 bits per heavy atom. The minimum absolute atomic E-state index is 0.279. The van der Waals surface area contributed by atoms with E-state index in [1.165, 1.54) is 23.9 Å². The number of ketones is 1. The molecule has 9 heteroatoms. The molecule has 0 saturated heterocycles. The van der Waals surface area contributed by atoms with Gasteiger partial charge in [-0.2, -0.15) is 13.2 Å². The van der Waals surface area contributed by atoms with Crippen molar-refractivity contribution >= 4 is 28.6 Å². The van der Waals surface area contributed by atoms with E-state index < -0.39 is 24.7 Å². The number of fused-ring (bicyclic) bond motifs is 1. The molecule has 0 saturated carbocycles. The van der Waals surface area contributed by atoms with Crippen LogP contribution < -0.4 is 0 Å². The van der Waals surface area contributed by atoms with Crippen molar-refractivity contribution in [3.63, 3.8) is 0 Å². The van der Waals surface area contributed by atoms with Crippen molar-refractivity contribution in [3.05, 3.63) is 29.7 Å². The van der Waals surface area contributed by atoms with Crippen molar-refractivity contribution in [2.45, 2.75) is 26.6 Å². The molecular weight excluding hydrogens is 317 g/mol. The number of halogens is 3.